The average molecular weight is 854 g/mol. The van der Waals surface area contributed by atoms with Crippen LogP contribution in [0.15, 0.2) is 188 Å². The van der Waals surface area contributed by atoms with Crippen LogP contribution in [0.25, 0.3) is 67.2 Å². The van der Waals surface area contributed by atoms with E-state index in [0.29, 0.717) is 5.56 Å². The monoisotopic (exact) mass is 854 g/mol. The molecule has 6 aromatic carbocycles. The van der Waals surface area contributed by atoms with E-state index in [-0.39, 0.29) is 0 Å². The first-order valence-corrected chi connectivity index (χ1v) is 22.4. The van der Waals surface area contributed by atoms with Gasteiger partial charge in [-0.15, -0.1) is 0 Å². The molecule has 65 heavy (non-hydrogen) atoms. The lowest BCUT2D eigenvalue weighted by Gasteiger charge is -2.10. The van der Waals surface area contributed by atoms with E-state index in [9.17, 15) is 0 Å². The smallest absolute Gasteiger partial charge is 0.200 e. The lowest BCUT2D eigenvalue weighted by molar-refractivity contribution is -0.660. The molecule has 0 aliphatic heterocycles. The molecule has 3 aromatic heterocycles. The van der Waals surface area contributed by atoms with Gasteiger partial charge in [0.25, 0.3) is 0 Å². The van der Waals surface area contributed by atoms with E-state index in [1.54, 1.807) is 12.1 Å². The van der Waals surface area contributed by atoms with Crippen molar-refractivity contribution in [2.75, 3.05) is 0 Å². The minimum absolute atomic E-state index is 0.383. The SMILES string of the molecule is Cc1cc(-c2ccccc2C)[n+](C)cc1-c1ccccc1.Cc1ccc(-c2cc(C)c(-c3ccccc3)c[n+]2C)c(C)c1.[2H]C([2H])([2H])c1ccc(-c2cc(C)c(-c3ccccc3)c[n+]2C)c(C)c1. The fourth-order valence-electron chi connectivity index (χ4n) is 8.72. The van der Waals surface area contributed by atoms with Gasteiger partial charge in [-0.25, -0.2) is 13.7 Å². The quantitative estimate of drug-likeness (QED) is 0.148. The highest BCUT2D eigenvalue weighted by Gasteiger charge is 2.19. The second-order valence-corrected chi connectivity index (χ2v) is 17.4. The number of aromatic nitrogens is 3. The van der Waals surface area contributed by atoms with Crippen molar-refractivity contribution < 1.29 is 17.8 Å². The number of hydrogen-bond acceptors (Lipinski definition) is 0. The highest BCUT2D eigenvalue weighted by molar-refractivity contribution is 5.72. The van der Waals surface area contributed by atoms with Gasteiger partial charge in [-0.1, -0.05) is 145 Å². The Hall–Kier alpha value is -7.23. The molecule has 0 fully saturated rings. The summed E-state index contributed by atoms with van der Waals surface area (Å²) in [5, 5.41) is 0. The van der Waals surface area contributed by atoms with Crippen LogP contribution in [0.5, 0.6) is 0 Å². The molecule has 0 atom stereocenters. The molecule has 0 spiro atoms. The third kappa shape index (κ3) is 10.8. The summed E-state index contributed by atoms with van der Waals surface area (Å²) in [6.07, 6.45) is 6.60. The Bertz CT molecular complexity index is 3190. The van der Waals surface area contributed by atoms with Gasteiger partial charge in [-0.2, -0.15) is 0 Å². The standard InChI is InChI=1S/2C21H22N.C20H20N/c2*1-15-10-11-19(16(2)12-15)21-13-17(3)20(14-22(21)4)18-8-6-5-7-9-18;1-15-9-7-8-12-18(15)20-13-16(2)19(14-21(20)3)17-10-5-4-6-11-17/h2*5-14H,1-4H3;4-14H,1-3H3/q3*+1/i1D3;;. The number of pyridine rings is 3. The Kier molecular flexibility index (Phi) is 13.2. The molecule has 0 unspecified atom stereocenters. The second-order valence-electron chi connectivity index (χ2n) is 17.4. The van der Waals surface area contributed by atoms with Crippen LogP contribution in [0.2, 0.25) is 0 Å². The molecule has 3 heteroatoms. The summed E-state index contributed by atoms with van der Waals surface area (Å²) in [6, 6.07) is 58.8. The van der Waals surface area contributed by atoms with E-state index in [1.807, 2.05) is 38.2 Å². The summed E-state index contributed by atoms with van der Waals surface area (Å²) < 4.78 is 29.3. The number of rotatable bonds is 6. The first kappa shape index (κ1) is 41.8. The third-order valence-corrected chi connectivity index (χ3v) is 12.3. The zero-order chi connectivity index (χ0) is 48.7. The average Bonchev–Trinajstić information content (AvgIpc) is 3.32. The van der Waals surface area contributed by atoms with Crippen molar-refractivity contribution in [3.63, 3.8) is 0 Å². The van der Waals surface area contributed by atoms with Gasteiger partial charge in [0.05, 0.1) is 0 Å². The van der Waals surface area contributed by atoms with E-state index in [1.165, 1.54) is 89.3 Å². The second kappa shape index (κ2) is 20.5. The lowest BCUT2D eigenvalue weighted by Crippen LogP contribution is -2.31. The van der Waals surface area contributed by atoms with E-state index in [0.717, 1.165) is 16.8 Å². The van der Waals surface area contributed by atoms with Crippen LogP contribution in [-0.2, 0) is 21.1 Å². The first-order chi connectivity index (χ1) is 32.5. The summed E-state index contributed by atoms with van der Waals surface area (Å²) in [6.45, 7) is 12.9. The Labute approximate surface area is 392 Å². The molecule has 9 rings (SSSR count). The molecule has 324 valence electrons. The van der Waals surface area contributed by atoms with Crippen molar-refractivity contribution in [1.29, 1.82) is 0 Å². The van der Waals surface area contributed by atoms with Gasteiger partial charge in [0.15, 0.2) is 18.6 Å². The van der Waals surface area contributed by atoms with E-state index < -0.39 is 6.85 Å². The van der Waals surface area contributed by atoms with Crippen LogP contribution in [0.3, 0.4) is 0 Å². The van der Waals surface area contributed by atoms with E-state index in [2.05, 4.69) is 221 Å². The predicted molar refractivity (Wildman–Crippen MR) is 273 cm³/mol. The van der Waals surface area contributed by atoms with Crippen LogP contribution in [0, 0.1) is 55.3 Å². The highest BCUT2D eigenvalue weighted by Crippen LogP contribution is 2.30. The van der Waals surface area contributed by atoms with E-state index >= 15 is 0 Å². The van der Waals surface area contributed by atoms with Crippen molar-refractivity contribution in [3.8, 4) is 67.2 Å². The lowest BCUT2D eigenvalue weighted by atomic mass is 9.97. The maximum Gasteiger partial charge on any atom is 0.212 e. The maximum atomic E-state index is 7.57. The molecule has 9 aromatic rings. The van der Waals surface area contributed by atoms with Crippen molar-refractivity contribution in [3.05, 3.63) is 233 Å². The third-order valence-electron chi connectivity index (χ3n) is 12.3. The van der Waals surface area contributed by atoms with Crippen molar-refractivity contribution in [2.24, 2.45) is 21.1 Å². The highest BCUT2D eigenvalue weighted by atomic mass is 14.9. The van der Waals surface area contributed by atoms with Gasteiger partial charge in [0.1, 0.15) is 21.1 Å². The summed E-state index contributed by atoms with van der Waals surface area (Å²) in [5.74, 6) is 0. The fraction of sp³-hybridized carbons (Fsp3) is 0.177. The Morgan fingerprint density at radius 2 is 0.600 bits per heavy atom. The van der Waals surface area contributed by atoms with Gasteiger partial charge in [0.2, 0.25) is 17.1 Å². The Balaban J connectivity index is 0.000000152. The Morgan fingerprint density at radius 1 is 0.292 bits per heavy atom. The van der Waals surface area contributed by atoms with Crippen LogP contribution in [0.1, 0.15) is 48.6 Å². The normalized spacial score (nSPS) is 11.6. The van der Waals surface area contributed by atoms with Crippen molar-refractivity contribution >= 4 is 0 Å². The minimum atomic E-state index is -2.07. The maximum absolute atomic E-state index is 7.57. The number of hydrogen-bond donors (Lipinski definition) is 0. The van der Waals surface area contributed by atoms with Gasteiger partial charge in [-0.3, -0.25) is 0 Å². The molecule has 0 amide bonds. The number of nitrogens with zero attached hydrogens (tertiary/aromatic N) is 3. The minimum Gasteiger partial charge on any atom is -0.200 e. The van der Waals surface area contributed by atoms with E-state index in [4.69, 9.17) is 4.11 Å². The summed E-state index contributed by atoms with van der Waals surface area (Å²) >= 11 is 0. The fourth-order valence-corrected chi connectivity index (χ4v) is 8.72. The molecule has 0 saturated heterocycles. The van der Waals surface area contributed by atoms with Crippen LogP contribution >= 0.6 is 0 Å². The zero-order valence-corrected chi connectivity index (χ0v) is 39.7. The summed E-state index contributed by atoms with van der Waals surface area (Å²) in [5.41, 5.74) is 23.8. The summed E-state index contributed by atoms with van der Waals surface area (Å²) in [4.78, 5) is 0. The molecule has 0 radical (unpaired) electrons. The van der Waals surface area contributed by atoms with Crippen molar-refractivity contribution in [1.82, 2.24) is 0 Å². The molecular weight excluding hydrogens is 787 g/mol. The predicted octanol–water partition coefficient (Wildman–Crippen LogP) is 14.0. The molecule has 3 heterocycles. The van der Waals surface area contributed by atoms with Crippen LogP contribution < -0.4 is 13.7 Å². The molecule has 0 saturated carbocycles. The molecule has 0 aliphatic carbocycles. The molecule has 0 aliphatic rings. The van der Waals surface area contributed by atoms with Crippen LogP contribution in [-0.4, -0.2) is 0 Å². The molecule has 3 nitrogen and oxygen atoms in total. The van der Waals surface area contributed by atoms with Gasteiger partial charge >= 0.3 is 0 Å². The van der Waals surface area contributed by atoms with Gasteiger partial charge in [-0.05, 0) is 124 Å². The van der Waals surface area contributed by atoms with Gasteiger partial charge in [0, 0.05) is 55.7 Å². The Morgan fingerprint density at radius 3 is 0.954 bits per heavy atom. The van der Waals surface area contributed by atoms with Gasteiger partial charge < -0.3 is 0 Å². The number of benzene rings is 6. The first-order valence-electron chi connectivity index (χ1n) is 23.9. The summed E-state index contributed by atoms with van der Waals surface area (Å²) in [7, 11) is 6.27. The largest absolute Gasteiger partial charge is 0.212 e. The van der Waals surface area contributed by atoms with Crippen LogP contribution in [0.4, 0.5) is 0 Å². The molecule has 0 N–H and O–H groups in total. The molecule has 0 bridgehead atoms. The zero-order valence-electron chi connectivity index (χ0n) is 42.7. The topological polar surface area (TPSA) is 11.6 Å². The van der Waals surface area contributed by atoms with Crippen molar-refractivity contribution in [2.45, 2.75) is 55.3 Å². The molecular formula is C62H64N3+3. The number of aryl methyl sites for hydroxylation is 11.